The van der Waals surface area contributed by atoms with Crippen LogP contribution in [0.5, 0.6) is 0 Å². The number of amides is 1. The van der Waals surface area contributed by atoms with Crippen LogP contribution < -0.4 is 5.32 Å². The van der Waals surface area contributed by atoms with Crippen LogP contribution in [0.25, 0.3) is 0 Å². The van der Waals surface area contributed by atoms with Crippen molar-refractivity contribution < 1.29 is 9.53 Å². The first-order valence-electron chi connectivity index (χ1n) is 5.74. The molecule has 0 fully saturated rings. The summed E-state index contributed by atoms with van der Waals surface area (Å²) in [6.07, 6.45) is 1.24. The van der Waals surface area contributed by atoms with E-state index in [4.69, 9.17) is 4.74 Å². The molecular weight excluding hydrogens is 218 g/mol. The Balaban J connectivity index is 2.48. The number of carbonyl (C=O) groups excluding carboxylic acids is 1. The second kappa shape index (κ2) is 5.82. The van der Waals surface area contributed by atoms with Crippen molar-refractivity contribution in [1.82, 2.24) is 10.2 Å². The van der Waals surface area contributed by atoms with Crippen molar-refractivity contribution in [1.29, 1.82) is 0 Å². The molecule has 5 heteroatoms. The number of ether oxygens (including phenoxy) is 1. The summed E-state index contributed by atoms with van der Waals surface area (Å²) in [7, 11) is 1.57. The minimum atomic E-state index is -0.0827. The average molecular weight is 239 g/mol. The van der Waals surface area contributed by atoms with Gasteiger partial charge in [0.1, 0.15) is 0 Å². The Bertz CT molecular complexity index is 366. The second-order valence-corrected chi connectivity index (χ2v) is 5.31. The summed E-state index contributed by atoms with van der Waals surface area (Å²) in [5, 5.41) is 9.70. The molecule has 1 heterocycles. The lowest BCUT2D eigenvalue weighted by atomic mass is 9.91. The van der Waals surface area contributed by atoms with Gasteiger partial charge in [-0.1, -0.05) is 20.8 Å². The largest absolute Gasteiger partial charge is 0.384 e. The van der Waals surface area contributed by atoms with Gasteiger partial charge in [0.25, 0.3) is 0 Å². The molecule has 0 atom stereocenters. The molecule has 0 saturated carbocycles. The minimum Gasteiger partial charge on any atom is -0.384 e. The second-order valence-electron chi connectivity index (χ2n) is 5.31. The van der Waals surface area contributed by atoms with Crippen LogP contribution in [-0.2, 0) is 16.0 Å². The van der Waals surface area contributed by atoms with Crippen LogP contribution in [0.2, 0.25) is 0 Å². The molecule has 17 heavy (non-hydrogen) atoms. The molecule has 0 aliphatic heterocycles. The molecule has 0 aliphatic rings. The normalized spacial score (nSPS) is 11.5. The van der Waals surface area contributed by atoms with E-state index in [0.29, 0.717) is 18.8 Å². The fraction of sp³-hybridized carbons (Fsp3) is 0.667. The Hall–Kier alpha value is -1.36. The van der Waals surface area contributed by atoms with Gasteiger partial charge in [0.2, 0.25) is 5.91 Å². The van der Waals surface area contributed by atoms with Crippen LogP contribution in [0.15, 0.2) is 6.07 Å². The smallest absolute Gasteiger partial charge is 0.227 e. The van der Waals surface area contributed by atoms with E-state index in [1.807, 2.05) is 6.07 Å². The van der Waals surface area contributed by atoms with Crippen molar-refractivity contribution in [3.05, 3.63) is 11.8 Å². The third-order valence-corrected chi connectivity index (χ3v) is 2.15. The van der Waals surface area contributed by atoms with E-state index in [0.717, 1.165) is 12.1 Å². The van der Waals surface area contributed by atoms with Crippen molar-refractivity contribution in [3.8, 4) is 0 Å². The zero-order valence-electron chi connectivity index (χ0n) is 11.0. The van der Waals surface area contributed by atoms with E-state index in [-0.39, 0.29) is 11.3 Å². The zero-order chi connectivity index (χ0) is 12.9. The highest BCUT2D eigenvalue weighted by molar-refractivity contribution is 5.89. The topological polar surface area (TPSA) is 67.0 Å². The number of carbonyl (C=O) groups is 1. The van der Waals surface area contributed by atoms with Crippen molar-refractivity contribution >= 4 is 11.7 Å². The number of aromatic amines is 1. The summed E-state index contributed by atoms with van der Waals surface area (Å²) in [5.74, 6) is 0.492. The molecule has 96 valence electrons. The van der Waals surface area contributed by atoms with Gasteiger partial charge in [0.05, 0.1) is 13.0 Å². The molecule has 0 aromatic carbocycles. The fourth-order valence-corrected chi connectivity index (χ4v) is 1.49. The first kappa shape index (κ1) is 13.7. The molecule has 0 bridgehead atoms. The number of H-pyrrole nitrogens is 1. The van der Waals surface area contributed by atoms with Gasteiger partial charge in [-0.3, -0.25) is 9.89 Å². The van der Waals surface area contributed by atoms with Crippen LogP contribution in [0.4, 0.5) is 5.82 Å². The quantitative estimate of drug-likeness (QED) is 0.825. The first-order chi connectivity index (χ1) is 7.90. The van der Waals surface area contributed by atoms with E-state index in [1.165, 1.54) is 0 Å². The molecule has 0 saturated heterocycles. The maximum atomic E-state index is 11.4. The van der Waals surface area contributed by atoms with Crippen LogP contribution >= 0.6 is 0 Å². The average Bonchev–Trinajstić information content (AvgIpc) is 2.59. The van der Waals surface area contributed by atoms with Crippen LogP contribution in [0.3, 0.4) is 0 Å². The first-order valence-corrected chi connectivity index (χ1v) is 5.74. The highest BCUT2D eigenvalue weighted by Crippen LogP contribution is 2.20. The van der Waals surface area contributed by atoms with Gasteiger partial charge in [-0.05, 0) is 11.8 Å². The Labute approximate surface area is 102 Å². The van der Waals surface area contributed by atoms with Crippen molar-refractivity contribution in [2.24, 2.45) is 5.41 Å². The number of aromatic nitrogens is 2. The highest BCUT2D eigenvalue weighted by atomic mass is 16.5. The number of nitrogens with one attached hydrogen (secondary N) is 2. The molecule has 1 amide bonds. The van der Waals surface area contributed by atoms with E-state index >= 15 is 0 Å². The van der Waals surface area contributed by atoms with E-state index in [1.54, 1.807) is 7.11 Å². The van der Waals surface area contributed by atoms with Gasteiger partial charge in [0, 0.05) is 18.9 Å². The molecule has 5 nitrogen and oxygen atoms in total. The number of rotatable bonds is 5. The molecule has 0 spiro atoms. The zero-order valence-corrected chi connectivity index (χ0v) is 11.0. The molecule has 0 aliphatic carbocycles. The lowest BCUT2D eigenvalue weighted by Gasteiger charge is -2.15. The minimum absolute atomic E-state index is 0.0827. The van der Waals surface area contributed by atoms with Gasteiger partial charge < -0.3 is 10.1 Å². The summed E-state index contributed by atoms with van der Waals surface area (Å²) in [4.78, 5) is 11.4. The van der Waals surface area contributed by atoms with Gasteiger partial charge in [-0.25, -0.2) is 0 Å². The van der Waals surface area contributed by atoms with Gasteiger partial charge >= 0.3 is 0 Å². The summed E-state index contributed by atoms with van der Waals surface area (Å²) in [6, 6.07) is 1.87. The molecule has 2 N–H and O–H groups in total. The van der Waals surface area contributed by atoms with Crippen LogP contribution in [0, 0.1) is 5.41 Å². The monoisotopic (exact) mass is 239 g/mol. The number of hydrogen-bond acceptors (Lipinski definition) is 3. The van der Waals surface area contributed by atoms with Crippen LogP contribution in [-0.4, -0.2) is 29.8 Å². The third-order valence-electron chi connectivity index (χ3n) is 2.15. The van der Waals surface area contributed by atoms with Crippen molar-refractivity contribution in [2.45, 2.75) is 33.6 Å². The highest BCUT2D eigenvalue weighted by Gasteiger charge is 2.13. The number of hydrogen-bond donors (Lipinski definition) is 2. The summed E-state index contributed by atoms with van der Waals surface area (Å²) in [6.45, 7) is 6.89. The SMILES string of the molecule is COCCC(=O)Nc1cc(CC(C)(C)C)[nH]n1. The van der Waals surface area contributed by atoms with E-state index in [2.05, 4.69) is 36.3 Å². The van der Waals surface area contributed by atoms with Crippen molar-refractivity contribution in [3.63, 3.8) is 0 Å². The fourth-order valence-electron chi connectivity index (χ4n) is 1.49. The van der Waals surface area contributed by atoms with E-state index in [9.17, 15) is 4.79 Å². The maximum absolute atomic E-state index is 11.4. The number of methoxy groups -OCH3 is 1. The van der Waals surface area contributed by atoms with Gasteiger partial charge in [0.15, 0.2) is 5.82 Å². The third kappa shape index (κ3) is 5.49. The van der Waals surface area contributed by atoms with Gasteiger partial charge in [-0.2, -0.15) is 5.10 Å². The van der Waals surface area contributed by atoms with Crippen LogP contribution in [0.1, 0.15) is 32.9 Å². The van der Waals surface area contributed by atoms with E-state index < -0.39 is 0 Å². The number of nitrogens with zero attached hydrogens (tertiary/aromatic N) is 1. The molecule has 0 unspecified atom stereocenters. The Kier molecular flexibility index (Phi) is 4.69. The predicted molar refractivity (Wildman–Crippen MR) is 66.9 cm³/mol. The molecule has 0 radical (unpaired) electrons. The Morgan fingerprint density at radius 1 is 1.53 bits per heavy atom. The standard InChI is InChI=1S/C12H21N3O2/c1-12(2,3)8-9-7-10(15-14-9)13-11(16)5-6-17-4/h7H,5-6,8H2,1-4H3,(H2,13,14,15,16). The molecule has 1 aromatic heterocycles. The lowest BCUT2D eigenvalue weighted by molar-refractivity contribution is -0.117. The predicted octanol–water partition coefficient (Wildman–Crippen LogP) is 1.97. The summed E-state index contributed by atoms with van der Waals surface area (Å²) in [5.41, 5.74) is 1.23. The Morgan fingerprint density at radius 3 is 2.82 bits per heavy atom. The Morgan fingerprint density at radius 2 is 2.24 bits per heavy atom. The molecule has 1 aromatic rings. The van der Waals surface area contributed by atoms with Crippen molar-refractivity contribution in [2.75, 3.05) is 19.0 Å². The summed E-state index contributed by atoms with van der Waals surface area (Å²) < 4.78 is 4.83. The number of anilines is 1. The lowest BCUT2D eigenvalue weighted by Crippen LogP contribution is -2.13. The molecule has 1 rings (SSSR count). The van der Waals surface area contributed by atoms with Gasteiger partial charge in [-0.15, -0.1) is 0 Å². The molecular formula is C12H21N3O2. The summed E-state index contributed by atoms with van der Waals surface area (Å²) >= 11 is 0. The maximum Gasteiger partial charge on any atom is 0.227 e.